The van der Waals surface area contributed by atoms with Crippen molar-refractivity contribution in [2.75, 3.05) is 26.2 Å². The van der Waals surface area contributed by atoms with Gasteiger partial charge in [-0.15, -0.1) is 0 Å². The smallest absolute Gasteiger partial charge is 0.332 e. The molecular weight excluding hydrogens is 212 g/mol. The summed E-state index contributed by atoms with van der Waals surface area (Å²) in [6.45, 7) is 5.45. The molecule has 1 heterocycles. The van der Waals surface area contributed by atoms with Crippen LogP contribution in [0.15, 0.2) is 12.2 Å². The van der Waals surface area contributed by atoms with Crippen LogP contribution < -0.4 is 0 Å². The second-order valence-electron chi connectivity index (χ2n) is 3.57. The van der Waals surface area contributed by atoms with Crippen molar-refractivity contribution in [1.29, 1.82) is 0 Å². The molecule has 1 aliphatic heterocycles. The Kier molecular flexibility index (Phi) is 3.65. The van der Waals surface area contributed by atoms with Gasteiger partial charge in [-0.1, -0.05) is 6.58 Å². The molecule has 1 fully saturated rings. The molecule has 0 bridgehead atoms. The molecule has 1 rings (SSSR count). The quantitative estimate of drug-likeness (QED) is 0.644. The van der Waals surface area contributed by atoms with E-state index in [0.29, 0.717) is 6.54 Å². The summed E-state index contributed by atoms with van der Waals surface area (Å²) < 4.78 is 0. The highest BCUT2D eigenvalue weighted by Gasteiger charge is 2.29. The van der Waals surface area contributed by atoms with Gasteiger partial charge in [0.25, 0.3) is 0 Å². The Balaban J connectivity index is 2.64. The zero-order valence-corrected chi connectivity index (χ0v) is 9.10. The third-order valence-electron chi connectivity index (χ3n) is 2.42. The maximum atomic E-state index is 11.6. The normalized spacial score (nSPS) is 16.6. The first-order valence-corrected chi connectivity index (χ1v) is 4.92. The standard InChI is InChI=1S/C10H14N2O4/c1-3-11-5-9(14)12(6-8(11)13)4-7(2)10(15)16/h2-6H2,1H3,(H,15,16). The lowest BCUT2D eigenvalue weighted by Gasteiger charge is -2.33. The summed E-state index contributed by atoms with van der Waals surface area (Å²) in [6, 6.07) is 0. The summed E-state index contributed by atoms with van der Waals surface area (Å²) in [4.78, 5) is 36.2. The van der Waals surface area contributed by atoms with E-state index in [1.807, 2.05) is 0 Å². The van der Waals surface area contributed by atoms with Crippen molar-refractivity contribution in [3.8, 4) is 0 Å². The number of carbonyl (C=O) groups is 3. The molecule has 6 nitrogen and oxygen atoms in total. The van der Waals surface area contributed by atoms with Crippen molar-refractivity contribution >= 4 is 17.8 Å². The van der Waals surface area contributed by atoms with Crippen LogP contribution in [0.1, 0.15) is 6.92 Å². The fraction of sp³-hybridized carbons (Fsp3) is 0.500. The number of rotatable bonds is 4. The molecule has 1 N–H and O–H groups in total. The van der Waals surface area contributed by atoms with E-state index in [-0.39, 0.29) is 37.0 Å². The van der Waals surface area contributed by atoms with Crippen LogP contribution in [0.4, 0.5) is 0 Å². The molecule has 0 spiro atoms. The maximum absolute atomic E-state index is 11.6. The number of carboxylic acids is 1. The second kappa shape index (κ2) is 4.78. The highest BCUT2D eigenvalue weighted by atomic mass is 16.4. The van der Waals surface area contributed by atoms with Crippen molar-refractivity contribution in [2.24, 2.45) is 0 Å². The number of nitrogens with zero attached hydrogens (tertiary/aromatic N) is 2. The van der Waals surface area contributed by atoms with Gasteiger partial charge >= 0.3 is 5.97 Å². The minimum atomic E-state index is -1.15. The van der Waals surface area contributed by atoms with Crippen LogP contribution in [0.3, 0.4) is 0 Å². The third kappa shape index (κ3) is 2.59. The lowest BCUT2D eigenvalue weighted by atomic mass is 10.2. The van der Waals surface area contributed by atoms with Gasteiger partial charge in [0.1, 0.15) is 6.54 Å². The molecule has 2 amide bonds. The molecule has 0 aromatic rings. The molecular formula is C10H14N2O4. The number of hydrogen-bond acceptors (Lipinski definition) is 3. The number of aliphatic carboxylic acids is 1. The molecule has 6 heteroatoms. The minimum absolute atomic E-state index is 0.0161. The van der Waals surface area contributed by atoms with Gasteiger partial charge in [0.05, 0.1) is 13.1 Å². The van der Waals surface area contributed by atoms with Crippen molar-refractivity contribution in [2.45, 2.75) is 6.92 Å². The van der Waals surface area contributed by atoms with Gasteiger partial charge in [-0.2, -0.15) is 0 Å². The number of hydrogen-bond donors (Lipinski definition) is 1. The second-order valence-corrected chi connectivity index (χ2v) is 3.57. The van der Waals surface area contributed by atoms with E-state index >= 15 is 0 Å². The molecule has 0 unspecified atom stereocenters. The van der Waals surface area contributed by atoms with Crippen LogP contribution in [0.5, 0.6) is 0 Å². The zero-order chi connectivity index (χ0) is 12.3. The molecule has 0 radical (unpaired) electrons. The van der Waals surface area contributed by atoms with E-state index in [0.717, 1.165) is 0 Å². The van der Waals surface area contributed by atoms with Gasteiger partial charge < -0.3 is 14.9 Å². The molecule has 88 valence electrons. The van der Waals surface area contributed by atoms with Crippen molar-refractivity contribution < 1.29 is 19.5 Å². The number of amides is 2. The topological polar surface area (TPSA) is 77.9 Å². The Morgan fingerprint density at radius 1 is 1.31 bits per heavy atom. The van der Waals surface area contributed by atoms with Crippen LogP contribution in [-0.4, -0.2) is 58.9 Å². The lowest BCUT2D eigenvalue weighted by Crippen LogP contribution is -2.54. The Labute approximate surface area is 93.1 Å². The Morgan fingerprint density at radius 2 is 1.81 bits per heavy atom. The third-order valence-corrected chi connectivity index (χ3v) is 2.42. The lowest BCUT2D eigenvalue weighted by molar-refractivity contribution is -0.149. The monoisotopic (exact) mass is 226 g/mol. The molecule has 0 atom stereocenters. The molecule has 1 saturated heterocycles. The first-order chi connectivity index (χ1) is 7.45. The first-order valence-electron chi connectivity index (χ1n) is 4.92. The average molecular weight is 226 g/mol. The van der Waals surface area contributed by atoms with Crippen molar-refractivity contribution in [3.05, 3.63) is 12.2 Å². The Morgan fingerprint density at radius 3 is 2.31 bits per heavy atom. The predicted octanol–water partition coefficient (Wildman–Crippen LogP) is -0.682. The van der Waals surface area contributed by atoms with Crippen LogP contribution in [0.25, 0.3) is 0 Å². The van der Waals surface area contributed by atoms with E-state index in [4.69, 9.17) is 5.11 Å². The van der Waals surface area contributed by atoms with Crippen molar-refractivity contribution in [3.63, 3.8) is 0 Å². The Hall–Kier alpha value is -1.85. The largest absolute Gasteiger partial charge is 0.478 e. The molecule has 1 aliphatic rings. The van der Waals surface area contributed by atoms with Gasteiger partial charge in [0, 0.05) is 12.1 Å². The summed E-state index contributed by atoms with van der Waals surface area (Å²) in [5.74, 6) is -1.57. The Bertz CT molecular complexity index is 351. The molecule has 0 aromatic heterocycles. The zero-order valence-electron chi connectivity index (χ0n) is 9.10. The van der Waals surface area contributed by atoms with E-state index in [2.05, 4.69) is 6.58 Å². The number of carbonyl (C=O) groups excluding carboxylic acids is 2. The van der Waals surface area contributed by atoms with E-state index < -0.39 is 5.97 Å². The van der Waals surface area contributed by atoms with Crippen LogP contribution in [0, 0.1) is 0 Å². The van der Waals surface area contributed by atoms with E-state index in [9.17, 15) is 14.4 Å². The molecule has 0 aliphatic carbocycles. The molecule has 0 aromatic carbocycles. The summed E-state index contributed by atoms with van der Waals surface area (Å²) in [5.41, 5.74) is -0.0916. The number of likely N-dealkylation sites (N-methyl/N-ethyl adjacent to an activating group) is 1. The van der Waals surface area contributed by atoms with Gasteiger partial charge in [-0.25, -0.2) is 4.79 Å². The number of piperazine rings is 1. The summed E-state index contributed by atoms with van der Waals surface area (Å²) in [7, 11) is 0. The maximum Gasteiger partial charge on any atom is 0.332 e. The SMILES string of the molecule is C=C(CN1CC(=O)N(CC)CC1=O)C(=O)O. The average Bonchev–Trinajstić information content (AvgIpc) is 2.22. The highest BCUT2D eigenvalue weighted by molar-refractivity contribution is 5.94. The van der Waals surface area contributed by atoms with E-state index in [1.165, 1.54) is 9.80 Å². The number of carboxylic acid groups (broad SMARTS) is 1. The highest BCUT2D eigenvalue weighted by Crippen LogP contribution is 2.06. The van der Waals surface area contributed by atoms with Gasteiger partial charge in [-0.3, -0.25) is 9.59 Å². The fourth-order valence-electron chi connectivity index (χ4n) is 1.43. The minimum Gasteiger partial charge on any atom is -0.478 e. The fourth-order valence-corrected chi connectivity index (χ4v) is 1.43. The summed E-state index contributed by atoms with van der Waals surface area (Å²) in [5, 5.41) is 8.63. The van der Waals surface area contributed by atoms with E-state index in [1.54, 1.807) is 6.92 Å². The molecule has 0 saturated carbocycles. The predicted molar refractivity (Wildman–Crippen MR) is 55.6 cm³/mol. The first kappa shape index (κ1) is 12.2. The van der Waals surface area contributed by atoms with Gasteiger partial charge in [0.15, 0.2) is 0 Å². The summed E-state index contributed by atoms with van der Waals surface area (Å²) in [6.07, 6.45) is 0. The van der Waals surface area contributed by atoms with Crippen LogP contribution >= 0.6 is 0 Å². The van der Waals surface area contributed by atoms with Crippen LogP contribution in [-0.2, 0) is 14.4 Å². The van der Waals surface area contributed by atoms with Gasteiger partial charge in [0.2, 0.25) is 11.8 Å². The van der Waals surface area contributed by atoms with Crippen LogP contribution in [0.2, 0.25) is 0 Å². The van der Waals surface area contributed by atoms with Gasteiger partial charge in [-0.05, 0) is 6.92 Å². The van der Waals surface area contributed by atoms with Crippen molar-refractivity contribution in [1.82, 2.24) is 9.80 Å². The molecule has 16 heavy (non-hydrogen) atoms. The summed E-state index contributed by atoms with van der Waals surface area (Å²) >= 11 is 0.